The summed E-state index contributed by atoms with van der Waals surface area (Å²) in [6.45, 7) is 1.94. The molecule has 0 aliphatic carbocycles. The van der Waals surface area contributed by atoms with Gasteiger partial charge in [0.25, 0.3) is 0 Å². The normalized spacial score (nSPS) is 12.9. The molecular formula is C7H8Cl2N2OS. The molecule has 1 aromatic rings. The van der Waals surface area contributed by atoms with E-state index in [1.54, 1.807) is 0 Å². The van der Waals surface area contributed by atoms with E-state index in [1.165, 1.54) is 18.0 Å². The topological polar surface area (TPSA) is 46.0 Å². The fourth-order valence-electron chi connectivity index (χ4n) is 0.642. The molecule has 1 heterocycles. The molecule has 0 spiro atoms. The van der Waals surface area contributed by atoms with Crippen LogP contribution in [0.25, 0.3) is 0 Å². The zero-order valence-electron chi connectivity index (χ0n) is 6.87. The smallest absolute Gasteiger partial charge is 0.223 e. The van der Waals surface area contributed by atoms with Gasteiger partial charge >= 0.3 is 0 Å². The average molecular weight is 239 g/mol. The maximum Gasteiger partial charge on any atom is 0.223 e. The van der Waals surface area contributed by atoms with Gasteiger partial charge in [0.05, 0.1) is 17.8 Å². The second-order valence-corrected chi connectivity index (χ2v) is 4.58. The molecule has 0 bridgehead atoms. The van der Waals surface area contributed by atoms with E-state index in [-0.39, 0.29) is 17.1 Å². The Hall–Kier alpha value is -0.0300. The number of thioether (sulfide) groups is 1. The van der Waals surface area contributed by atoms with Gasteiger partial charge in [-0.3, -0.25) is 0 Å². The van der Waals surface area contributed by atoms with Crippen molar-refractivity contribution in [3.8, 4) is 0 Å². The molecule has 1 unspecified atom stereocenters. The lowest BCUT2D eigenvalue weighted by atomic mass is 10.5. The molecule has 1 rings (SSSR count). The Morgan fingerprint density at radius 3 is 2.92 bits per heavy atom. The third-order valence-corrected chi connectivity index (χ3v) is 2.91. The van der Waals surface area contributed by atoms with Crippen molar-refractivity contribution in [2.24, 2.45) is 0 Å². The number of aliphatic hydroxyl groups is 1. The van der Waals surface area contributed by atoms with Crippen molar-refractivity contribution in [3.63, 3.8) is 0 Å². The van der Waals surface area contributed by atoms with Crippen molar-refractivity contribution in [2.45, 2.75) is 17.2 Å². The Balaban J connectivity index is 2.81. The molecule has 0 radical (unpaired) electrons. The molecule has 0 aliphatic heterocycles. The van der Waals surface area contributed by atoms with Crippen molar-refractivity contribution in [3.05, 3.63) is 16.5 Å². The first-order chi connectivity index (χ1) is 6.13. The van der Waals surface area contributed by atoms with Crippen LogP contribution in [0, 0.1) is 0 Å². The molecule has 72 valence electrons. The summed E-state index contributed by atoms with van der Waals surface area (Å²) in [6.07, 6.45) is 1.45. The first-order valence-electron chi connectivity index (χ1n) is 3.59. The molecule has 1 atom stereocenters. The van der Waals surface area contributed by atoms with Crippen LogP contribution < -0.4 is 0 Å². The second kappa shape index (κ2) is 5.00. The lowest BCUT2D eigenvalue weighted by molar-refractivity contribution is 0.300. The van der Waals surface area contributed by atoms with Crippen LogP contribution in [0.15, 0.2) is 11.2 Å². The van der Waals surface area contributed by atoms with Gasteiger partial charge < -0.3 is 5.11 Å². The van der Waals surface area contributed by atoms with Crippen LogP contribution >= 0.6 is 35.0 Å². The minimum atomic E-state index is 0.0449. The van der Waals surface area contributed by atoms with Crippen LogP contribution in [0.5, 0.6) is 0 Å². The molecule has 6 heteroatoms. The molecule has 0 saturated carbocycles. The highest BCUT2D eigenvalue weighted by atomic mass is 35.5. The maximum absolute atomic E-state index is 8.82. The van der Waals surface area contributed by atoms with Crippen LogP contribution in [0.2, 0.25) is 10.3 Å². The largest absolute Gasteiger partial charge is 0.395 e. The number of halogens is 2. The standard InChI is InChI=1S/C7H8Cl2N2OS/c1-4(3-12)13-6-5(8)2-10-7(9)11-6/h2,4,12H,3H2,1H3. The highest BCUT2D eigenvalue weighted by Crippen LogP contribution is 2.28. The van der Waals surface area contributed by atoms with Gasteiger partial charge in [-0.1, -0.05) is 30.3 Å². The molecule has 3 nitrogen and oxygen atoms in total. The number of rotatable bonds is 3. The zero-order chi connectivity index (χ0) is 9.84. The first-order valence-corrected chi connectivity index (χ1v) is 5.22. The summed E-state index contributed by atoms with van der Waals surface area (Å²) in [5.74, 6) is 0. The van der Waals surface area contributed by atoms with E-state index in [0.717, 1.165) is 0 Å². The van der Waals surface area contributed by atoms with Gasteiger partial charge in [0.1, 0.15) is 5.03 Å². The van der Waals surface area contributed by atoms with Gasteiger partial charge in [0.15, 0.2) is 0 Å². The Morgan fingerprint density at radius 1 is 1.62 bits per heavy atom. The lowest BCUT2D eigenvalue weighted by Crippen LogP contribution is -2.02. The summed E-state index contributed by atoms with van der Waals surface area (Å²) in [6, 6.07) is 0. The van der Waals surface area contributed by atoms with Gasteiger partial charge in [-0.25, -0.2) is 9.97 Å². The maximum atomic E-state index is 8.82. The number of aromatic nitrogens is 2. The van der Waals surface area contributed by atoms with Crippen LogP contribution in [0.4, 0.5) is 0 Å². The third kappa shape index (κ3) is 3.31. The number of aliphatic hydroxyl groups excluding tert-OH is 1. The Labute approximate surface area is 90.5 Å². The highest BCUT2D eigenvalue weighted by molar-refractivity contribution is 8.00. The Kier molecular flexibility index (Phi) is 4.25. The van der Waals surface area contributed by atoms with Gasteiger partial charge in [-0.05, 0) is 11.6 Å². The van der Waals surface area contributed by atoms with Crippen LogP contribution in [0.1, 0.15) is 6.92 Å². The zero-order valence-corrected chi connectivity index (χ0v) is 9.20. The van der Waals surface area contributed by atoms with E-state index in [1.807, 2.05) is 6.92 Å². The molecule has 0 aliphatic rings. The van der Waals surface area contributed by atoms with Crippen molar-refractivity contribution >= 4 is 35.0 Å². The van der Waals surface area contributed by atoms with Crippen LogP contribution in [-0.2, 0) is 0 Å². The van der Waals surface area contributed by atoms with Crippen molar-refractivity contribution in [1.82, 2.24) is 9.97 Å². The number of hydrogen-bond donors (Lipinski definition) is 1. The fraction of sp³-hybridized carbons (Fsp3) is 0.429. The second-order valence-electron chi connectivity index (χ2n) is 2.40. The van der Waals surface area contributed by atoms with Crippen molar-refractivity contribution in [2.75, 3.05) is 6.61 Å². The lowest BCUT2D eigenvalue weighted by Gasteiger charge is -2.07. The number of nitrogens with zero attached hydrogens (tertiary/aromatic N) is 2. The van der Waals surface area contributed by atoms with Gasteiger partial charge in [0, 0.05) is 5.25 Å². The summed E-state index contributed by atoms with van der Waals surface area (Å²) in [5, 5.41) is 10.1. The monoisotopic (exact) mass is 238 g/mol. The van der Waals surface area contributed by atoms with Crippen molar-refractivity contribution < 1.29 is 5.11 Å². The quantitative estimate of drug-likeness (QED) is 0.499. The molecule has 0 saturated heterocycles. The molecular weight excluding hydrogens is 231 g/mol. The van der Waals surface area contributed by atoms with Gasteiger partial charge in [-0.15, -0.1) is 0 Å². The minimum absolute atomic E-state index is 0.0449. The first kappa shape index (κ1) is 11.0. The van der Waals surface area contributed by atoms with Gasteiger partial charge in [0.2, 0.25) is 5.28 Å². The summed E-state index contributed by atoms with van der Waals surface area (Å²) >= 11 is 12.8. The van der Waals surface area contributed by atoms with Gasteiger partial charge in [-0.2, -0.15) is 0 Å². The van der Waals surface area contributed by atoms with Crippen molar-refractivity contribution in [1.29, 1.82) is 0 Å². The highest BCUT2D eigenvalue weighted by Gasteiger charge is 2.09. The Bertz CT molecular complexity index is 298. The Morgan fingerprint density at radius 2 is 2.31 bits per heavy atom. The molecule has 0 amide bonds. The molecule has 0 fully saturated rings. The SMILES string of the molecule is CC(CO)Sc1nc(Cl)ncc1Cl. The third-order valence-electron chi connectivity index (χ3n) is 1.25. The summed E-state index contributed by atoms with van der Waals surface area (Å²) in [5.41, 5.74) is 0. The van der Waals surface area contributed by atoms with Crippen LogP contribution in [0.3, 0.4) is 0 Å². The van der Waals surface area contributed by atoms with E-state index >= 15 is 0 Å². The van der Waals surface area contributed by atoms with Crippen LogP contribution in [-0.4, -0.2) is 26.9 Å². The molecule has 1 N–H and O–H groups in total. The summed E-state index contributed by atoms with van der Waals surface area (Å²) in [4.78, 5) is 7.65. The van der Waals surface area contributed by atoms with E-state index in [4.69, 9.17) is 28.3 Å². The van der Waals surface area contributed by atoms with E-state index in [9.17, 15) is 0 Å². The average Bonchev–Trinajstić information content (AvgIpc) is 2.11. The predicted octanol–water partition coefficient (Wildman–Crippen LogP) is 2.26. The minimum Gasteiger partial charge on any atom is -0.395 e. The predicted molar refractivity (Wildman–Crippen MR) is 54.5 cm³/mol. The van der Waals surface area contributed by atoms with E-state index in [0.29, 0.717) is 10.0 Å². The molecule has 0 aromatic carbocycles. The van der Waals surface area contributed by atoms with E-state index in [2.05, 4.69) is 9.97 Å². The van der Waals surface area contributed by atoms with E-state index < -0.39 is 0 Å². The molecule has 1 aromatic heterocycles. The number of hydrogen-bond acceptors (Lipinski definition) is 4. The molecule has 13 heavy (non-hydrogen) atoms. The summed E-state index contributed by atoms with van der Waals surface area (Å²) < 4.78 is 0. The fourth-order valence-corrected chi connectivity index (χ4v) is 1.81. The summed E-state index contributed by atoms with van der Waals surface area (Å²) in [7, 11) is 0.